The van der Waals surface area contributed by atoms with Gasteiger partial charge >= 0.3 is 0 Å². The Labute approximate surface area is 137 Å². The van der Waals surface area contributed by atoms with E-state index in [4.69, 9.17) is 8.94 Å². The van der Waals surface area contributed by atoms with E-state index in [-0.39, 0.29) is 11.7 Å². The van der Waals surface area contributed by atoms with Gasteiger partial charge < -0.3 is 13.8 Å². The van der Waals surface area contributed by atoms with Crippen molar-refractivity contribution in [2.75, 3.05) is 6.54 Å². The van der Waals surface area contributed by atoms with E-state index in [2.05, 4.69) is 15.1 Å². The summed E-state index contributed by atoms with van der Waals surface area (Å²) in [5.41, 5.74) is 1.32. The largest absolute Gasteiger partial charge is 0.445 e. The maximum Gasteiger partial charge on any atom is 0.293 e. The van der Waals surface area contributed by atoms with Crippen molar-refractivity contribution in [3.8, 4) is 0 Å². The molecule has 4 heterocycles. The maximum atomic E-state index is 12.8. The summed E-state index contributed by atoms with van der Waals surface area (Å²) >= 11 is 0. The summed E-state index contributed by atoms with van der Waals surface area (Å²) in [5, 5.41) is 4.50. The average Bonchev–Trinajstić information content (AvgIpc) is 3.15. The van der Waals surface area contributed by atoms with Crippen molar-refractivity contribution in [1.82, 2.24) is 20.0 Å². The molecule has 1 saturated carbocycles. The molecule has 7 nitrogen and oxygen atoms in total. The average molecular weight is 324 g/mol. The molecule has 0 spiro atoms. The lowest BCUT2D eigenvalue weighted by atomic mass is 9.85. The minimum Gasteiger partial charge on any atom is -0.445 e. The fourth-order valence-corrected chi connectivity index (χ4v) is 3.30. The molecule has 1 aliphatic heterocycles. The summed E-state index contributed by atoms with van der Waals surface area (Å²) in [7, 11) is 0. The van der Waals surface area contributed by atoms with Crippen LogP contribution < -0.4 is 0 Å². The van der Waals surface area contributed by atoms with Crippen molar-refractivity contribution in [2.45, 2.75) is 38.1 Å². The van der Waals surface area contributed by atoms with Crippen LogP contribution in [0.2, 0.25) is 0 Å². The highest BCUT2D eigenvalue weighted by atomic mass is 16.5. The predicted octanol–water partition coefficient (Wildman–Crippen LogP) is 2.68. The summed E-state index contributed by atoms with van der Waals surface area (Å²) < 4.78 is 11.1. The topological polar surface area (TPSA) is 85.3 Å². The minimum atomic E-state index is -0.177. The highest BCUT2D eigenvalue weighted by Gasteiger charge is 2.32. The molecule has 24 heavy (non-hydrogen) atoms. The van der Waals surface area contributed by atoms with Gasteiger partial charge in [0.15, 0.2) is 5.89 Å². The standard InChI is InChI=1S/C17H16N4O3/c22-17(14-11-5-2-7-18-15(11)20-24-14)21-8-6-13-12(9-21)19-16(23-13)10-3-1-4-10/h2,5,7,10H,1,3-4,6,8-9H2. The van der Waals surface area contributed by atoms with Gasteiger partial charge in [-0.3, -0.25) is 4.79 Å². The smallest absolute Gasteiger partial charge is 0.293 e. The first-order valence-electron chi connectivity index (χ1n) is 8.28. The summed E-state index contributed by atoms with van der Waals surface area (Å²) in [4.78, 5) is 23.3. The zero-order valence-corrected chi connectivity index (χ0v) is 13.1. The second-order valence-corrected chi connectivity index (χ2v) is 6.41. The molecular weight excluding hydrogens is 308 g/mol. The van der Waals surface area contributed by atoms with Gasteiger partial charge in [0, 0.05) is 25.1 Å². The van der Waals surface area contributed by atoms with E-state index in [0.717, 1.165) is 30.2 Å². The summed E-state index contributed by atoms with van der Waals surface area (Å²) in [6, 6.07) is 3.57. The van der Waals surface area contributed by atoms with Gasteiger partial charge in [-0.2, -0.15) is 0 Å². The van der Waals surface area contributed by atoms with Crippen molar-refractivity contribution < 1.29 is 13.7 Å². The molecule has 2 aliphatic rings. The Morgan fingerprint density at radius 3 is 3.08 bits per heavy atom. The maximum absolute atomic E-state index is 12.8. The number of amides is 1. The third-order valence-electron chi connectivity index (χ3n) is 4.93. The second kappa shape index (κ2) is 5.15. The van der Waals surface area contributed by atoms with E-state index < -0.39 is 0 Å². The molecule has 0 N–H and O–H groups in total. The van der Waals surface area contributed by atoms with Gasteiger partial charge in [0.25, 0.3) is 5.91 Å². The molecule has 0 radical (unpaired) electrons. The summed E-state index contributed by atoms with van der Waals surface area (Å²) in [6.07, 6.45) is 5.86. The molecule has 7 heteroatoms. The molecule has 0 atom stereocenters. The Hall–Kier alpha value is -2.70. The first-order valence-corrected chi connectivity index (χ1v) is 8.28. The van der Waals surface area contributed by atoms with Gasteiger partial charge in [0.1, 0.15) is 11.5 Å². The van der Waals surface area contributed by atoms with E-state index in [9.17, 15) is 4.79 Å². The van der Waals surface area contributed by atoms with Crippen LogP contribution >= 0.6 is 0 Å². The van der Waals surface area contributed by atoms with E-state index >= 15 is 0 Å². The molecule has 0 bridgehead atoms. The van der Waals surface area contributed by atoms with Crippen LogP contribution in [0.15, 0.2) is 27.3 Å². The number of oxazole rings is 1. The number of aromatic nitrogens is 3. The van der Waals surface area contributed by atoms with Gasteiger partial charge in [-0.1, -0.05) is 11.6 Å². The van der Waals surface area contributed by atoms with Crippen LogP contribution in [0.4, 0.5) is 0 Å². The van der Waals surface area contributed by atoms with Crippen molar-refractivity contribution >= 4 is 16.9 Å². The Morgan fingerprint density at radius 1 is 1.33 bits per heavy atom. The van der Waals surface area contributed by atoms with Crippen LogP contribution in [-0.4, -0.2) is 32.5 Å². The van der Waals surface area contributed by atoms with Gasteiger partial charge in [0.2, 0.25) is 11.4 Å². The van der Waals surface area contributed by atoms with Gasteiger partial charge in [0.05, 0.1) is 11.9 Å². The van der Waals surface area contributed by atoms with Crippen molar-refractivity contribution in [2.24, 2.45) is 0 Å². The third kappa shape index (κ3) is 2.04. The molecule has 5 rings (SSSR count). The number of carbonyl (C=O) groups is 1. The number of pyridine rings is 1. The Bertz CT molecular complexity index is 925. The number of fused-ring (bicyclic) bond motifs is 2. The molecule has 0 unspecified atom stereocenters. The highest BCUT2D eigenvalue weighted by molar-refractivity contribution is 6.02. The van der Waals surface area contributed by atoms with Crippen molar-refractivity contribution in [3.63, 3.8) is 0 Å². The van der Waals surface area contributed by atoms with E-state index in [1.807, 2.05) is 0 Å². The van der Waals surface area contributed by atoms with Crippen LogP contribution in [0.1, 0.15) is 53.1 Å². The van der Waals surface area contributed by atoms with Gasteiger partial charge in [-0.15, -0.1) is 0 Å². The molecular formula is C17H16N4O3. The van der Waals surface area contributed by atoms with Crippen molar-refractivity contribution in [1.29, 1.82) is 0 Å². The van der Waals surface area contributed by atoms with E-state index in [1.165, 1.54) is 6.42 Å². The normalized spacial score (nSPS) is 17.8. The molecule has 122 valence electrons. The molecule has 3 aromatic heterocycles. The van der Waals surface area contributed by atoms with E-state index in [1.54, 1.807) is 23.2 Å². The van der Waals surface area contributed by atoms with Crippen LogP contribution in [0.25, 0.3) is 11.0 Å². The molecule has 3 aromatic rings. The van der Waals surface area contributed by atoms with Crippen LogP contribution in [-0.2, 0) is 13.0 Å². The fourth-order valence-electron chi connectivity index (χ4n) is 3.30. The lowest BCUT2D eigenvalue weighted by molar-refractivity contribution is 0.0688. The van der Waals surface area contributed by atoms with Gasteiger partial charge in [-0.05, 0) is 25.0 Å². The lowest BCUT2D eigenvalue weighted by Crippen LogP contribution is -2.35. The second-order valence-electron chi connectivity index (χ2n) is 6.41. The summed E-state index contributed by atoms with van der Waals surface area (Å²) in [5.74, 6) is 2.29. The lowest BCUT2D eigenvalue weighted by Gasteiger charge is -2.24. The fraction of sp³-hybridized carbons (Fsp3) is 0.412. The van der Waals surface area contributed by atoms with Crippen molar-refractivity contribution in [3.05, 3.63) is 41.4 Å². The zero-order valence-electron chi connectivity index (χ0n) is 13.1. The molecule has 0 saturated heterocycles. The minimum absolute atomic E-state index is 0.177. The monoisotopic (exact) mass is 324 g/mol. The Morgan fingerprint density at radius 2 is 2.25 bits per heavy atom. The number of hydrogen-bond acceptors (Lipinski definition) is 6. The first-order chi connectivity index (χ1) is 11.8. The SMILES string of the molecule is O=C(c1onc2ncccc12)N1CCc2oc(C3CCC3)nc2C1. The molecule has 1 amide bonds. The molecule has 1 aliphatic carbocycles. The molecule has 0 aromatic carbocycles. The number of carbonyl (C=O) groups excluding carboxylic acids is 1. The Balaban J connectivity index is 1.42. The first kappa shape index (κ1) is 13.7. The summed E-state index contributed by atoms with van der Waals surface area (Å²) in [6.45, 7) is 1.04. The number of rotatable bonds is 2. The van der Waals surface area contributed by atoms with Crippen LogP contribution in [0.5, 0.6) is 0 Å². The zero-order chi connectivity index (χ0) is 16.1. The van der Waals surface area contributed by atoms with Gasteiger partial charge in [-0.25, -0.2) is 9.97 Å². The third-order valence-corrected chi connectivity index (χ3v) is 4.93. The van der Waals surface area contributed by atoms with Crippen LogP contribution in [0, 0.1) is 0 Å². The Kier molecular flexibility index (Phi) is 2.95. The van der Waals surface area contributed by atoms with E-state index in [0.29, 0.717) is 36.5 Å². The van der Waals surface area contributed by atoms with Crippen LogP contribution in [0.3, 0.4) is 0 Å². The quantitative estimate of drug-likeness (QED) is 0.720. The molecule has 1 fully saturated rings. The number of hydrogen-bond donors (Lipinski definition) is 0. The number of nitrogens with zero attached hydrogens (tertiary/aromatic N) is 4. The predicted molar refractivity (Wildman–Crippen MR) is 83.3 cm³/mol. The highest BCUT2D eigenvalue weighted by Crippen LogP contribution is 2.37.